The van der Waals surface area contributed by atoms with E-state index in [-0.39, 0.29) is 17.8 Å². The summed E-state index contributed by atoms with van der Waals surface area (Å²) >= 11 is 0. The predicted octanol–water partition coefficient (Wildman–Crippen LogP) is 4.30. The van der Waals surface area contributed by atoms with Crippen LogP contribution in [0.15, 0.2) is 82.3 Å². The number of nitrogens with one attached hydrogen (secondary N) is 2. The second kappa shape index (κ2) is 9.81. The average molecular weight is 498 g/mol. The lowest BCUT2D eigenvalue weighted by Crippen LogP contribution is -2.35. The number of fused-ring (bicyclic) bond motifs is 1. The van der Waals surface area contributed by atoms with E-state index in [1.165, 1.54) is 0 Å². The normalized spacial score (nSPS) is 18.0. The van der Waals surface area contributed by atoms with Crippen LogP contribution in [0.3, 0.4) is 0 Å². The molecule has 6 rings (SSSR count). The van der Waals surface area contributed by atoms with E-state index in [1.54, 1.807) is 12.3 Å². The van der Waals surface area contributed by atoms with Crippen LogP contribution in [0.25, 0.3) is 11.5 Å². The highest BCUT2D eigenvalue weighted by Gasteiger charge is 2.28. The summed E-state index contributed by atoms with van der Waals surface area (Å²) in [5.41, 5.74) is 3.67. The lowest BCUT2D eigenvalue weighted by Gasteiger charge is -2.30. The van der Waals surface area contributed by atoms with Crippen molar-refractivity contribution >= 4 is 29.1 Å². The molecule has 1 unspecified atom stereocenters. The number of nitrogens with zero attached hydrogens (tertiary/aromatic N) is 5. The Kier molecular flexibility index (Phi) is 6.05. The van der Waals surface area contributed by atoms with Gasteiger partial charge < -0.3 is 20.0 Å². The van der Waals surface area contributed by atoms with Gasteiger partial charge in [0.25, 0.3) is 11.8 Å². The number of halogens is 1. The summed E-state index contributed by atoms with van der Waals surface area (Å²) in [6, 6.07) is 20.9. The van der Waals surface area contributed by atoms with Crippen LogP contribution in [-0.2, 0) is 4.79 Å². The summed E-state index contributed by atoms with van der Waals surface area (Å²) in [6.07, 6.45) is 0.790. The smallest absolute Gasteiger partial charge is 0.317 e. The summed E-state index contributed by atoms with van der Waals surface area (Å²) in [7, 11) is 0. The van der Waals surface area contributed by atoms with Gasteiger partial charge in [-0.05, 0) is 31.0 Å². The molecule has 186 valence electrons. The van der Waals surface area contributed by atoms with Gasteiger partial charge in [0, 0.05) is 30.4 Å². The highest BCUT2D eigenvalue weighted by atomic mass is 19.1. The molecule has 0 spiro atoms. The molecule has 0 radical (unpaired) electrons. The van der Waals surface area contributed by atoms with Crippen molar-refractivity contribution in [2.24, 2.45) is 4.99 Å². The monoisotopic (exact) mass is 497 g/mol. The molecule has 4 heterocycles. The van der Waals surface area contributed by atoms with Crippen molar-refractivity contribution in [3.63, 3.8) is 0 Å². The van der Waals surface area contributed by atoms with Gasteiger partial charge in [0.15, 0.2) is 0 Å². The van der Waals surface area contributed by atoms with Crippen molar-refractivity contribution in [1.29, 1.82) is 0 Å². The number of carbonyl (C=O) groups excluding carboxylic acids is 1. The molecule has 4 aromatic rings. The standard InChI is InChI=1S/C27H24FN7O2/c28-18-12-15-35(16-13-18)24-20(10-6-14-29-24)26-33-34-27(37-26)32-23-25(36)30-21-11-5-4-9-19(21)22(31-23)17-7-2-1-3-8-17/h1-11,14,18,23H,12-13,15-16H2,(H,30,36)(H,32,34). The maximum atomic E-state index is 13.7. The lowest BCUT2D eigenvalue weighted by molar-refractivity contribution is -0.116. The van der Waals surface area contributed by atoms with Gasteiger partial charge in [-0.25, -0.2) is 14.4 Å². The van der Waals surface area contributed by atoms with Crippen LogP contribution in [0.4, 0.5) is 21.9 Å². The number of aromatic nitrogens is 3. The Morgan fingerprint density at radius 3 is 2.54 bits per heavy atom. The Morgan fingerprint density at radius 1 is 0.946 bits per heavy atom. The number of benzene rings is 2. The summed E-state index contributed by atoms with van der Waals surface area (Å²) in [6.45, 7) is 1.12. The van der Waals surface area contributed by atoms with Crippen LogP contribution in [-0.4, -0.2) is 52.2 Å². The first-order valence-electron chi connectivity index (χ1n) is 12.1. The third-order valence-electron chi connectivity index (χ3n) is 6.42. The predicted molar refractivity (Wildman–Crippen MR) is 138 cm³/mol. The molecule has 1 fully saturated rings. The number of carbonyl (C=O) groups is 1. The molecule has 2 aliphatic rings. The van der Waals surface area contributed by atoms with E-state index in [4.69, 9.17) is 9.41 Å². The van der Waals surface area contributed by atoms with Gasteiger partial charge in [-0.3, -0.25) is 4.79 Å². The van der Waals surface area contributed by atoms with Crippen molar-refractivity contribution in [2.75, 3.05) is 28.6 Å². The molecule has 9 nitrogen and oxygen atoms in total. The topological polar surface area (TPSA) is 109 Å². The highest BCUT2D eigenvalue weighted by Crippen LogP contribution is 2.31. The zero-order valence-electron chi connectivity index (χ0n) is 19.8. The van der Waals surface area contributed by atoms with E-state index < -0.39 is 12.3 Å². The van der Waals surface area contributed by atoms with E-state index in [0.717, 1.165) is 11.1 Å². The van der Waals surface area contributed by atoms with Crippen molar-refractivity contribution in [1.82, 2.24) is 15.2 Å². The molecule has 37 heavy (non-hydrogen) atoms. The first-order valence-corrected chi connectivity index (χ1v) is 12.1. The molecular formula is C27H24FN7O2. The molecule has 1 amide bonds. The first-order chi connectivity index (χ1) is 18.2. The highest BCUT2D eigenvalue weighted by molar-refractivity contribution is 6.19. The Labute approximate surface area is 212 Å². The largest absolute Gasteiger partial charge is 0.403 e. The number of alkyl halides is 1. The molecule has 0 saturated carbocycles. The number of rotatable bonds is 5. The van der Waals surface area contributed by atoms with Gasteiger partial charge in [0.1, 0.15) is 12.0 Å². The minimum absolute atomic E-state index is 0.0505. The summed E-state index contributed by atoms with van der Waals surface area (Å²) in [5, 5.41) is 14.2. The summed E-state index contributed by atoms with van der Waals surface area (Å²) < 4.78 is 19.6. The number of hydrogen-bond donors (Lipinski definition) is 2. The van der Waals surface area contributed by atoms with Crippen molar-refractivity contribution in [3.05, 3.63) is 84.1 Å². The average Bonchev–Trinajstić information content (AvgIpc) is 3.35. The minimum Gasteiger partial charge on any atom is -0.403 e. The van der Waals surface area contributed by atoms with Crippen LogP contribution in [0.1, 0.15) is 24.0 Å². The van der Waals surface area contributed by atoms with Gasteiger partial charge >= 0.3 is 6.01 Å². The van der Waals surface area contributed by atoms with Crippen molar-refractivity contribution < 1.29 is 13.6 Å². The molecular weight excluding hydrogens is 473 g/mol. The van der Waals surface area contributed by atoms with Gasteiger partial charge in [-0.15, -0.1) is 5.10 Å². The fourth-order valence-electron chi connectivity index (χ4n) is 4.56. The number of piperidine rings is 1. The van der Waals surface area contributed by atoms with Crippen LogP contribution in [0.5, 0.6) is 0 Å². The van der Waals surface area contributed by atoms with Gasteiger partial charge in [-0.1, -0.05) is 53.6 Å². The van der Waals surface area contributed by atoms with Gasteiger partial charge in [0.2, 0.25) is 6.17 Å². The van der Waals surface area contributed by atoms with E-state index in [9.17, 15) is 9.18 Å². The van der Waals surface area contributed by atoms with Crippen LogP contribution in [0.2, 0.25) is 0 Å². The maximum Gasteiger partial charge on any atom is 0.317 e. The molecule has 2 N–H and O–H groups in total. The van der Waals surface area contributed by atoms with E-state index in [0.29, 0.717) is 48.7 Å². The minimum atomic E-state index is -1.01. The molecule has 1 saturated heterocycles. The number of pyridine rings is 1. The Hall–Kier alpha value is -4.60. The number of hydrogen-bond acceptors (Lipinski definition) is 8. The second-order valence-corrected chi connectivity index (χ2v) is 8.87. The molecule has 0 aliphatic carbocycles. The van der Waals surface area contributed by atoms with E-state index in [2.05, 4.69) is 25.8 Å². The number of amides is 1. The zero-order valence-corrected chi connectivity index (χ0v) is 19.8. The fraction of sp³-hybridized carbons (Fsp3) is 0.222. The van der Waals surface area contributed by atoms with Crippen LogP contribution < -0.4 is 15.5 Å². The number of benzodiazepines with no additional fused rings is 1. The van der Waals surface area contributed by atoms with Gasteiger partial charge in [0.05, 0.1) is 17.0 Å². The molecule has 2 aliphatic heterocycles. The lowest BCUT2D eigenvalue weighted by atomic mass is 10.0. The maximum absolute atomic E-state index is 13.7. The van der Waals surface area contributed by atoms with Crippen LogP contribution >= 0.6 is 0 Å². The molecule has 1 atom stereocenters. The van der Waals surface area contributed by atoms with Gasteiger partial charge in [-0.2, -0.15) is 0 Å². The molecule has 0 bridgehead atoms. The van der Waals surface area contributed by atoms with E-state index in [1.807, 2.05) is 65.6 Å². The zero-order chi connectivity index (χ0) is 25.2. The molecule has 2 aromatic heterocycles. The Balaban J connectivity index is 1.30. The second-order valence-electron chi connectivity index (χ2n) is 8.87. The third-order valence-corrected chi connectivity index (χ3v) is 6.42. The number of para-hydroxylation sites is 1. The van der Waals surface area contributed by atoms with Crippen molar-refractivity contribution in [3.8, 4) is 11.5 Å². The molecule has 2 aromatic carbocycles. The van der Waals surface area contributed by atoms with E-state index >= 15 is 0 Å². The molecule has 10 heteroatoms. The SMILES string of the molecule is O=C1Nc2ccccc2C(c2ccccc2)=NC1Nc1nnc(-c2cccnc2N2CCC(F)CC2)o1. The Morgan fingerprint density at radius 2 is 1.70 bits per heavy atom. The van der Waals surface area contributed by atoms with Crippen molar-refractivity contribution in [2.45, 2.75) is 25.2 Å². The summed E-state index contributed by atoms with van der Waals surface area (Å²) in [4.78, 5) is 24.4. The Bertz CT molecular complexity index is 1450. The number of aliphatic imine (C=N–C) groups is 1. The summed E-state index contributed by atoms with van der Waals surface area (Å²) in [5.74, 6) is 0.559. The number of anilines is 3. The fourth-order valence-corrected chi connectivity index (χ4v) is 4.56. The quantitative estimate of drug-likeness (QED) is 0.423. The third kappa shape index (κ3) is 4.65. The van der Waals surface area contributed by atoms with Crippen LogP contribution in [0, 0.1) is 0 Å². The first kappa shape index (κ1) is 22.8.